The Bertz CT molecular complexity index is 507. The van der Waals surface area contributed by atoms with Gasteiger partial charge in [0.25, 0.3) is 0 Å². The number of carbonyl (C=O) groups excluding carboxylic acids is 1. The predicted octanol–water partition coefficient (Wildman–Crippen LogP) is 5.06. The maximum atomic E-state index is 11.7. The minimum absolute atomic E-state index is 0.0847. The summed E-state index contributed by atoms with van der Waals surface area (Å²) in [7, 11) is -2.00. The van der Waals surface area contributed by atoms with Crippen LogP contribution in [0.5, 0.6) is 0 Å². The molecule has 3 atom stereocenters. The minimum atomic E-state index is -2.00. The van der Waals surface area contributed by atoms with E-state index in [9.17, 15) is 4.79 Å². The molecule has 6 heteroatoms. The lowest BCUT2D eigenvalue weighted by Gasteiger charge is -2.42. The molecule has 1 fully saturated rings. The van der Waals surface area contributed by atoms with E-state index in [1.165, 1.54) is 6.08 Å². The van der Waals surface area contributed by atoms with E-state index in [4.69, 9.17) is 18.6 Å². The van der Waals surface area contributed by atoms with Crippen molar-refractivity contribution in [1.29, 1.82) is 0 Å². The normalized spacial score (nSPS) is 25.2. The van der Waals surface area contributed by atoms with Crippen molar-refractivity contribution in [2.24, 2.45) is 5.92 Å². The highest BCUT2D eigenvalue weighted by Gasteiger charge is 2.42. The van der Waals surface area contributed by atoms with Crippen molar-refractivity contribution in [3.8, 4) is 0 Å². The Morgan fingerprint density at radius 2 is 1.96 bits per heavy atom. The molecule has 0 radical (unpaired) electrons. The summed E-state index contributed by atoms with van der Waals surface area (Å²) in [5, 5.41) is 0.0957. The van der Waals surface area contributed by atoms with Crippen LogP contribution in [0, 0.1) is 5.92 Å². The summed E-state index contributed by atoms with van der Waals surface area (Å²) in [6, 6.07) is 0. The highest BCUT2D eigenvalue weighted by atomic mass is 28.4. The van der Waals surface area contributed by atoms with Crippen LogP contribution in [-0.2, 0) is 23.4 Å². The first kappa shape index (κ1) is 24.3. The van der Waals surface area contributed by atoms with Crippen LogP contribution < -0.4 is 0 Å². The second-order valence-corrected chi connectivity index (χ2v) is 14.3. The predicted molar refractivity (Wildman–Crippen MR) is 111 cm³/mol. The van der Waals surface area contributed by atoms with E-state index in [1.807, 2.05) is 19.9 Å². The lowest BCUT2D eigenvalue weighted by molar-refractivity contribution is -0.236. The van der Waals surface area contributed by atoms with Gasteiger partial charge in [-0.25, -0.2) is 4.79 Å². The highest BCUT2D eigenvalue weighted by Crippen LogP contribution is 2.39. The zero-order chi connectivity index (χ0) is 20.9. The summed E-state index contributed by atoms with van der Waals surface area (Å²) in [5.41, 5.74) is 0. The van der Waals surface area contributed by atoms with E-state index in [0.717, 1.165) is 6.42 Å². The molecule has 158 valence electrons. The summed E-state index contributed by atoms with van der Waals surface area (Å²) < 4.78 is 23.9. The third-order valence-corrected chi connectivity index (χ3v) is 9.87. The van der Waals surface area contributed by atoms with Gasteiger partial charge in [-0.1, -0.05) is 33.8 Å². The van der Waals surface area contributed by atoms with Crippen LogP contribution in [0.1, 0.15) is 61.3 Å². The zero-order valence-corrected chi connectivity index (χ0v) is 19.8. The summed E-state index contributed by atoms with van der Waals surface area (Å²) in [5.74, 6) is -0.575. The van der Waals surface area contributed by atoms with Crippen LogP contribution in [0.4, 0.5) is 0 Å². The molecule has 5 nitrogen and oxygen atoms in total. The molecule has 27 heavy (non-hydrogen) atoms. The van der Waals surface area contributed by atoms with Gasteiger partial charge in [-0.05, 0) is 57.7 Å². The van der Waals surface area contributed by atoms with Crippen LogP contribution in [-0.4, -0.2) is 45.5 Å². The first-order valence-corrected chi connectivity index (χ1v) is 13.0. The first-order valence-electron chi connectivity index (χ1n) is 10.1. The fraction of sp³-hybridized carbons (Fsp3) is 0.857. The summed E-state index contributed by atoms with van der Waals surface area (Å²) in [4.78, 5) is 11.7. The van der Waals surface area contributed by atoms with Crippen molar-refractivity contribution in [2.45, 2.75) is 97.4 Å². The lowest BCUT2D eigenvalue weighted by atomic mass is 9.99. The molecule has 0 N–H and O–H groups in total. The SMILES string of the molecule is CCOC(=O)/C=C/C[C@H](O[Si](C)(C)C(C)(C)C)[C@@H]1C[C@@H](C)COC(C)(C)O1. The van der Waals surface area contributed by atoms with Crippen molar-refractivity contribution < 1.29 is 23.4 Å². The molecule has 1 aliphatic heterocycles. The Morgan fingerprint density at radius 3 is 2.52 bits per heavy atom. The smallest absolute Gasteiger partial charge is 0.330 e. The Labute approximate surface area is 166 Å². The van der Waals surface area contributed by atoms with E-state index < -0.39 is 14.1 Å². The van der Waals surface area contributed by atoms with E-state index in [1.54, 1.807) is 6.92 Å². The molecule has 1 saturated heterocycles. The molecule has 0 amide bonds. The largest absolute Gasteiger partial charge is 0.463 e. The summed E-state index contributed by atoms with van der Waals surface area (Å²) >= 11 is 0. The molecule has 0 aromatic carbocycles. The second kappa shape index (κ2) is 9.68. The van der Waals surface area contributed by atoms with Crippen LogP contribution in [0.3, 0.4) is 0 Å². The Morgan fingerprint density at radius 1 is 1.33 bits per heavy atom. The molecule has 0 aliphatic carbocycles. The molecule has 0 bridgehead atoms. The van der Waals surface area contributed by atoms with Crippen molar-refractivity contribution >= 4 is 14.3 Å². The minimum Gasteiger partial charge on any atom is -0.463 e. The Balaban J connectivity index is 3.03. The van der Waals surface area contributed by atoms with Crippen molar-refractivity contribution in [3.63, 3.8) is 0 Å². The number of hydrogen-bond acceptors (Lipinski definition) is 5. The number of hydrogen-bond donors (Lipinski definition) is 0. The molecule has 1 aliphatic rings. The maximum Gasteiger partial charge on any atom is 0.330 e. The quantitative estimate of drug-likeness (QED) is 0.339. The molecule has 0 aromatic heterocycles. The van der Waals surface area contributed by atoms with E-state index in [2.05, 4.69) is 40.8 Å². The summed E-state index contributed by atoms with van der Waals surface area (Å²) in [6.07, 6.45) is 4.61. The van der Waals surface area contributed by atoms with Gasteiger partial charge in [0.05, 0.1) is 25.4 Å². The Hall–Kier alpha value is -0.693. The number of carbonyl (C=O) groups is 1. The molecular formula is C21H40O5Si. The molecular weight excluding hydrogens is 360 g/mol. The van der Waals surface area contributed by atoms with Gasteiger partial charge in [-0.2, -0.15) is 0 Å². The average molecular weight is 401 g/mol. The van der Waals surface area contributed by atoms with Gasteiger partial charge in [-0.3, -0.25) is 0 Å². The molecule has 0 saturated carbocycles. The number of esters is 1. The number of ether oxygens (including phenoxy) is 3. The third-order valence-electron chi connectivity index (χ3n) is 5.36. The van der Waals surface area contributed by atoms with Gasteiger partial charge in [0.2, 0.25) is 0 Å². The van der Waals surface area contributed by atoms with Crippen LogP contribution in [0.25, 0.3) is 0 Å². The number of rotatable bonds is 7. The highest BCUT2D eigenvalue weighted by molar-refractivity contribution is 6.74. The molecule has 0 spiro atoms. The lowest BCUT2D eigenvalue weighted by Crippen LogP contribution is -2.48. The molecule has 1 heterocycles. The van der Waals surface area contributed by atoms with Crippen molar-refractivity contribution in [1.82, 2.24) is 0 Å². The van der Waals surface area contributed by atoms with Crippen LogP contribution in [0.15, 0.2) is 12.2 Å². The van der Waals surface area contributed by atoms with Crippen molar-refractivity contribution in [3.05, 3.63) is 12.2 Å². The topological polar surface area (TPSA) is 54.0 Å². The zero-order valence-electron chi connectivity index (χ0n) is 18.8. The van der Waals surface area contributed by atoms with Gasteiger partial charge in [0.15, 0.2) is 14.1 Å². The molecule has 1 rings (SSSR count). The van der Waals surface area contributed by atoms with Gasteiger partial charge in [-0.15, -0.1) is 0 Å². The standard InChI is InChI=1S/C21H40O5Si/c1-10-23-19(22)13-11-12-17(26-27(8,9)20(3,4)5)18-14-16(2)15-24-21(6,7)25-18/h11,13,16-18H,10,12,14-15H2,1-9H3/b13-11+/t16-,17+,18+/m1/s1. The van der Waals surface area contributed by atoms with Crippen molar-refractivity contribution in [2.75, 3.05) is 13.2 Å². The summed E-state index contributed by atoms with van der Waals surface area (Å²) in [6.45, 7) is 20.1. The average Bonchev–Trinajstić information content (AvgIpc) is 2.63. The van der Waals surface area contributed by atoms with Gasteiger partial charge in [0, 0.05) is 6.08 Å². The first-order chi connectivity index (χ1) is 12.3. The van der Waals surface area contributed by atoms with Crippen LogP contribution in [0.2, 0.25) is 18.1 Å². The van der Waals surface area contributed by atoms with Gasteiger partial charge in [0.1, 0.15) is 0 Å². The van der Waals surface area contributed by atoms with Crippen LogP contribution >= 0.6 is 0 Å². The fourth-order valence-electron chi connectivity index (χ4n) is 2.80. The van der Waals surface area contributed by atoms with E-state index in [-0.39, 0.29) is 23.2 Å². The van der Waals surface area contributed by atoms with E-state index in [0.29, 0.717) is 25.6 Å². The fourth-order valence-corrected chi connectivity index (χ4v) is 4.16. The second-order valence-electron chi connectivity index (χ2n) is 9.51. The maximum absolute atomic E-state index is 11.7. The van der Waals surface area contributed by atoms with E-state index >= 15 is 0 Å². The monoisotopic (exact) mass is 400 g/mol. The Kier molecular flexibility index (Phi) is 8.73. The molecule has 0 unspecified atom stereocenters. The molecule has 0 aromatic rings. The third kappa shape index (κ3) is 8.06. The van der Waals surface area contributed by atoms with Gasteiger partial charge >= 0.3 is 5.97 Å². The van der Waals surface area contributed by atoms with Gasteiger partial charge < -0.3 is 18.6 Å².